The number of carbonyl (C=O) groups excluding carboxylic acids is 1. The van der Waals surface area contributed by atoms with Crippen LogP contribution in [0.2, 0.25) is 0 Å². The number of rotatable bonds is 5. The molecule has 0 spiro atoms. The standard InChI is InChI=1S/C20H20N2O3S2/c1-4-12-22-17-10-5-6-11-18(17)26-20(22)21-19(23)15-8-7-9-16(13-15)27(24,25)14(2)3/h4-11,13-14H,1,12H2,2-3H3. The third-order valence-electron chi connectivity index (χ3n) is 4.13. The summed E-state index contributed by atoms with van der Waals surface area (Å²) >= 11 is 1.41. The summed E-state index contributed by atoms with van der Waals surface area (Å²) in [5, 5.41) is -0.558. The highest BCUT2D eigenvalue weighted by Gasteiger charge is 2.20. The molecule has 0 bridgehead atoms. The predicted molar refractivity (Wildman–Crippen MR) is 109 cm³/mol. The molecule has 1 aromatic heterocycles. The highest BCUT2D eigenvalue weighted by Crippen LogP contribution is 2.19. The minimum Gasteiger partial charge on any atom is -0.312 e. The molecule has 1 heterocycles. The van der Waals surface area contributed by atoms with E-state index in [0.29, 0.717) is 11.3 Å². The van der Waals surface area contributed by atoms with Gasteiger partial charge in [-0.15, -0.1) is 6.58 Å². The van der Waals surface area contributed by atoms with E-state index in [4.69, 9.17) is 0 Å². The fourth-order valence-corrected chi connectivity index (χ4v) is 4.78. The fourth-order valence-electron chi connectivity index (χ4n) is 2.64. The van der Waals surface area contributed by atoms with Crippen LogP contribution in [0.4, 0.5) is 0 Å². The Balaban J connectivity index is 2.09. The minimum absolute atomic E-state index is 0.133. The Bertz CT molecular complexity index is 1190. The second-order valence-corrected chi connectivity index (χ2v) is 9.80. The molecule has 7 heteroatoms. The van der Waals surface area contributed by atoms with Crippen molar-refractivity contribution in [2.75, 3.05) is 0 Å². The number of nitrogens with zero attached hydrogens (tertiary/aromatic N) is 2. The van der Waals surface area contributed by atoms with Crippen molar-refractivity contribution in [3.05, 3.63) is 71.6 Å². The summed E-state index contributed by atoms with van der Waals surface area (Å²) in [4.78, 5) is 17.6. The smallest absolute Gasteiger partial charge is 0.279 e. The summed E-state index contributed by atoms with van der Waals surface area (Å²) in [6.45, 7) is 7.52. The fraction of sp³-hybridized carbons (Fsp3) is 0.200. The van der Waals surface area contributed by atoms with Gasteiger partial charge in [0.1, 0.15) is 0 Å². The average Bonchev–Trinajstić information content (AvgIpc) is 2.99. The predicted octanol–water partition coefficient (Wildman–Crippen LogP) is 3.81. The number of sulfone groups is 1. The van der Waals surface area contributed by atoms with Crippen LogP contribution in [0.15, 0.2) is 71.1 Å². The first-order valence-corrected chi connectivity index (χ1v) is 10.8. The maximum Gasteiger partial charge on any atom is 0.279 e. The Labute approximate surface area is 162 Å². The maximum absolute atomic E-state index is 12.7. The third-order valence-corrected chi connectivity index (χ3v) is 7.34. The summed E-state index contributed by atoms with van der Waals surface area (Å²) in [6, 6.07) is 13.9. The molecule has 2 aromatic carbocycles. The second kappa shape index (κ2) is 7.62. The maximum atomic E-state index is 12.7. The number of allylic oxidation sites excluding steroid dienone is 1. The molecule has 0 saturated carbocycles. The molecule has 3 rings (SSSR count). The summed E-state index contributed by atoms with van der Waals surface area (Å²) in [7, 11) is -3.45. The molecule has 0 atom stereocenters. The number of amides is 1. The van der Waals surface area contributed by atoms with E-state index in [1.54, 1.807) is 32.1 Å². The van der Waals surface area contributed by atoms with E-state index < -0.39 is 21.0 Å². The molecule has 140 valence electrons. The lowest BCUT2D eigenvalue weighted by molar-refractivity contribution is 0.0997. The molecule has 0 unspecified atom stereocenters. The number of fused-ring (bicyclic) bond motifs is 1. The first-order chi connectivity index (χ1) is 12.8. The lowest BCUT2D eigenvalue weighted by Gasteiger charge is -2.08. The third kappa shape index (κ3) is 3.79. The molecule has 0 aliphatic heterocycles. The Morgan fingerprint density at radius 3 is 2.67 bits per heavy atom. The Hall–Kier alpha value is -2.51. The van der Waals surface area contributed by atoms with Crippen molar-refractivity contribution in [3.63, 3.8) is 0 Å². The summed E-state index contributed by atoms with van der Waals surface area (Å²) in [6.07, 6.45) is 1.75. The molecule has 0 saturated heterocycles. The number of hydrogen-bond acceptors (Lipinski definition) is 4. The average molecular weight is 401 g/mol. The van der Waals surface area contributed by atoms with Crippen molar-refractivity contribution in [3.8, 4) is 0 Å². The van der Waals surface area contributed by atoms with E-state index in [0.717, 1.165) is 10.2 Å². The number of hydrogen-bond donors (Lipinski definition) is 0. The molecule has 1 amide bonds. The van der Waals surface area contributed by atoms with Gasteiger partial charge in [0.05, 0.1) is 20.4 Å². The van der Waals surface area contributed by atoms with Crippen molar-refractivity contribution >= 4 is 37.3 Å². The zero-order valence-electron chi connectivity index (χ0n) is 15.1. The van der Waals surface area contributed by atoms with Gasteiger partial charge < -0.3 is 4.57 Å². The van der Waals surface area contributed by atoms with Gasteiger partial charge in [-0.05, 0) is 44.2 Å². The lowest BCUT2D eigenvalue weighted by atomic mass is 10.2. The molecule has 3 aromatic rings. The number of benzene rings is 2. The Kier molecular flexibility index (Phi) is 5.43. The lowest BCUT2D eigenvalue weighted by Crippen LogP contribution is -2.17. The molecule has 0 radical (unpaired) electrons. The Morgan fingerprint density at radius 1 is 1.22 bits per heavy atom. The number of thiazole rings is 1. The Morgan fingerprint density at radius 2 is 1.96 bits per heavy atom. The van der Waals surface area contributed by atoms with Crippen LogP contribution in [0.5, 0.6) is 0 Å². The van der Waals surface area contributed by atoms with Crippen LogP contribution in [0.25, 0.3) is 10.2 Å². The number of carbonyl (C=O) groups is 1. The monoisotopic (exact) mass is 400 g/mol. The largest absolute Gasteiger partial charge is 0.312 e. The molecular formula is C20H20N2O3S2. The molecule has 27 heavy (non-hydrogen) atoms. The van der Waals surface area contributed by atoms with Crippen LogP contribution in [-0.4, -0.2) is 24.1 Å². The summed E-state index contributed by atoms with van der Waals surface area (Å²) in [5.41, 5.74) is 1.23. The molecule has 5 nitrogen and oxygen atoms in total. The van der Waals surface area contributed by atoms with Crippen molar-refractivity contribution in [2.24, 2.45) is 4.99 Å². The highest BCUT2D eigenvalue weighted by molar-refractivity contribution is 7.92. The summed E-state index contributed by atoms with van der Waals surface area (Å²) < 4.78 is 27.7. The van der Waals surface area contributed by atoms with Gasteiger partial charge in [-0.2, -0.15) is 4.99 Å². The van der Waals surface area contributed by atoms with Gasteiger partial charge in [-0.3, -0.25) is 4.79 Å². The van der Waals surface area contributed by atoms with Crippen molar-refractivity contribution in [2.45, 2.75) is 30.5 Å². The first-order valence-electron chi connectivity index (χ1n) is 8.47. The van der Waals surface area contributed by atoms with E-state index in [1.165, 1.54) is 23.5 Å². The van der Waals surface area contributed by atoms with Crippen molar-refractivity contribution in [1.82, 2.24) is 4.57 Å². The zero-order valence-corrected chi connectivity index (χ0v) is 16.8. The van der Waals surface area contributed by atoms with E-state index in [-0.39, 0.29) is 10.5 Å². The van der Waals surface area contributed by atoms with Gasteiger partial charge in [-0.25, -0.2) is 8.42 Å². The molecule has 0 fully saturated rings. The van der Waals surface area contributed by atoms with E-state index in [9.17, 15) is 13.2 Å². The molecule has 0 N–H and O–H groups in total. The van der Waals surface area contributed by atoms with Gasteiger partial charge in [0.15, 0.2) is 14.6 Å². The van der Waals surface area contributed by atoms with Crippen LogP contribution in [-0.2, 0) is 16.4 Å². The van der Waals surface area contributed by atoms with E-state index in [2.05, 4.69) is 11.6 Å². The highest BCUT2D eigenvalue weighted by atomic mass is 32.2. The minimum atomic E-state index is -3.45. The number of aromatic nitrogens is 1. The van der Waals surface area contributed by atoms with Gasteiger partial charge in [0.25, 0.3) is 5.91 Å². The van der Waals surface area contributed by atoms with Crippen molar-refractivity contribution < 1.29 is 13.2 Å². The van der Waals surface area contributed by atoms with Gasteiger partial charge in [-0.1, -0.05) is 35.6 Å². The van der Waals surface area contributed by atoms with Crippen molar-refractivity contribution in [1.29, 1.82) is 0 Å². The molecule has 0 aliphatic rings. The first kappa shape index (κ1) is 19.3. The quantitative estimate of drug-likeness (QED) is 0.612. The van der Waals surface area contributed by atoms with Crippen LogP contribution in [0, 0.1) is 0 Å². The SMILES string of the molecule is C=CCn1c(=NC(=O)c2cccc(S(=O)(=O)C(C)C)c2)sc2ccccc21. The normalized spacial score (nSPS) is 12.6. The van der Waals surface area contributed by atoms with Gasteiger partial charge in [0.2, 0.25) is 0 Å². The molecule has 0 aliphatic carbocycles. The van der Waals surface area contributed by atoms with Gasteiger partial charge >= 0.3 is 0 Å². The van der Waals surface area contributed by atoms with E-state index in [1.807, 2.05) is 28.8 Å². The van der Waals surface area contributed by atoms with Crippen LogP contribution in [0.1, 0.15) is 24.2 Å². The van der Waals surface area contributed by atoms with Crippen LogP contribution >= 0.6 is 11.3 Å². The van der Waals surface area contributed by atoms with Gasteiger partial charge in [0, 0.05) is 12.1 Å². The zero-order chi connectivity index (χ0) is 19.6. The van der Waals surface area contributed by atoms with Crippen LogP contribution in [0.3, 0.4) is 0 Å². The topological polar surface area (TPSA) is 68.5 Å². The number of para-hydroxylation sites is 1. The van der Waals surface area contributed by atoms with Crippen LogP contribution < -0.4 is 4.80 Å². The second-order valence-electron chi connectivity index (χ2n) is 6.29. The van der Waals surface area contributed by atoms with E-state index >= 15 is 0 Å². The molecular weight excluding hydrogens is 380 g/mol. The summed E-state index contributed by atoms with van der Waals surface area (Å²) in [5.74, 6) is -0.472.